The summed E-state index contributed by atoms with van der Waals surface area (Å²) >= 11 is 0. The Bertz CT molecular complexity index is 1650. The molecule has 2 aromatic carbocycles. The fraction of sp³-hybridized carbons (Fsp3) is 0.471. The number of rotatable bonds is 6. The zero-order valence-electron chi connectivity index (χ0n) is 25.8. The lowest BCUT2D eigenvalue weighted by Gasteiger charge is -2.52. The van der Waals surface area contributed by atoms with Crippen LogP contribution in [0.15, 0.2) is 36.4 Å². The molecule has 1 aliphatic heterocycles. The van der Waals surface area contributed by atoms with Gasteiger partial charge >= 0.3 is 0 Å². The summed E-state index contributed by atoms with van der Waals surface area (Å²) in [5.74, 6) is -10.9. The van der Waals surface area contributed by atoms with Crippen molar-refractivity contribution < 1.29 is 39.0 Å². The second-order valence-electron chi connectivity index (χ2n) is 13.2. The van der Waals surface area contributed by atoms with Crippen molar-refractivity contribution in [2.45, 2.75) is 43.7 Å². The first kappa shape index (κ1) is 31.7. The highest BCUT2D eigenvalue weighted by Crippen LogP contribution is 2.51. The first-order valence-electron chi connectivity index (χ1n) is 15.7. The van der Waals surface area contributed by atoms with Crippen LogP contribution in [-0.4, -0.2) is 100 Å². The molecule has 3 aliphatic carbocycles. The Kier molecular flexibility index (Phi) is 8.16. The maximum atomic E-state index is 14.0. The van der Waals surface area contributed by atoms with Gasteiger partial charge in [0, 0.05) is 11.6 Å². The Labute approximate surface area is 265 Å². The van der Waals surface area contributed by atoms with Gasteiger partial charge in [0.05, 0.1) is 24.1 Å². The second kappa shape index (κ2) is 11.8. The van der Waals surface area contributed by atoms with Crippen molar-refractivity contribution in [3.05, 3.63) is 47.5 Å². The third kappa shape index (κ3) is 5.04. The number of phenolic OH excluding ortho intramolecular Hbond substituents is 1. The Morgan fingerprint density at radius 1 is 1.00 bits per heavy atom. The van der Waals surface area contributed by atoms with Gasteiger partial charge in [-0.2, -0.15) is 0 Å². The number of aromatic hydroxyl groups is 1. The standard InChI is InChI=1S/C34H38N4O8/c1-37(2)28-22-15-18-14-21-20(17-6-8-19(9-7-17)36-24(40)16-38-12-4-3-5-13-38)10-11-23(39)26(21)29(41)25(18)31(43)34(22,46)32(44)27(30(28)42)33(35)45/h6-11,18,22,25,27-28,39,46H,3-5,12-16H2,1-2H3,(H2,35,45)(H,36,40). The van der Waals surface area contributed by atoms with Gasteiger partial charge in [-0.15, -0.1) is 0 Å². The highest BCUT2D eigenvalue weighted by atomic mass is 16.3. The number of anilines is 1. The number of carbonyl (C=O) groups excluding carboxylic acids is 6. The molecule has 1 heterocycles. The van der Waals surface area contributed by atoms with Crippen LogP contribution in [0.1, 0.15) is 41.6 Å². The van der Waals surface area contributed by atoms with Crippen LogP contribution < -0.4 is 11.1 Å². The number of carbonyl (C=O) groups is 6. The van der Waals surface area contributed by atoms with E-state index >= 15 is 0 Å². The van der Waals surface area contributed by atoms with Crippen molar-refractivity contribution >= 4 is 40.6 Å². The summed E-state index contributed by atoms with van der Waals surface area (Å²) in [6, 6.07) is 9.00. The number of hydrogen-bond donors (Lipinski definition) is 4. The van der Waals surface area contributed by atoms with Crippen LogP contribution in [0.2, 0.25) is 0 Å². The van der Waals surface area contributed by atoms with Crippen molar-refractivity contribution in [3.8, 4) is 16.9 Å². The van der Waals surface area contributed by atoms with E-state index in [1.54, 1.807) is 44.4 Å². The average molecular weight is 631 g/mol. The molecule has 1 saturated heterocycles. The molecule has 2 aromatic rings. The van der Waals surface area contributed by atoms with Crippen molar-refractivity contribution in [2.24, 2.45) is 29.4 Å². The molecule has 4 aliphatic rings. The number of Topliss-reactive ketones (excluding diaryl/α,β-unsaturated/α-hetero) is 4. The number of likely N-dealkylation sites (N-methyl/N-ethyl adjacent to an activating group) is 1. The number of fused-ring (bicyclic) bond motifs is 3. The summed E-state index contributed by atoms with van der Waals surface area (Å²) in [6.07, 6.45) is 3.48. The highest BCUT2D eigenvalue weighted by Gasteiger charge is 2.69. The van der Waals surface area contributed by atoms with E-state index < -0.39 is 64.4 Å². The van der Waals surface area contributed by atoms with Crippen LogP contribution in [0.3, 0.4) is 0 Å². The van der Waals surface area contributed by atoms with E-state index in [0.29, 0.717) is 28.9 Å². The number of primary amides is 1. The molecule has 6 atom stereocenters. The zero-order valence-corrected chi connectivity index (χ0v) is 25.8. The smallest absolute Gasteiger partial charge is 0.238 e. The Balaban J connectivity index is 1.31. The predicted molar refractivity (Wildman–Crippen MR) is 166 cm³/mol. The molecule has 46 heavy (non-hydrogen) atoms. The number of hydrogen-bond acceptors (Lipinski definition) is 10. The van der Waals surface area contributed by atoms with E-state index in [4.69, 9.17) is 5.73 Å². The molecule has 0 aromatic heterocycles. The Hall–Kier alpha value is -4.26. The number of amides is 2. The molecule has 2 saturated carbocycles. The molecular weight excluding hydrogens is 592 g/mol. The lowest BCUT2D eigenvalue weighted by atomic mass is 9.52. The van der Waals surface area contributed by atoms with E-state index in [9.17, 15) is 39.0 Å². The molecule has 0 bridgehead atoms. The molecule has 5 N–H and O–H groups in total. The third-order valence-electron chi connectivity index (χ3n) is 10.2. The molecule has 12 nitrogen and oxygen atoms in total. The van der Waals surface area contributed by atoms with E-state index in [0.717, 1.165) is 25.9 Å². The minimum atomic E-state index is -2.77. The monoisotopic (exact) mass is 630 g/mol. The Morgan fingerprint density at radius 2 is 1.67 bits per heavy atom. The summed E-state index contributed by atoms with van der Waals surface area (Å²) in [6.45, 7) is 2.13. The van der Waals surface area contributed by atoms with Gasteiger partial charge in [0.1, 0.15) is 5.75 Å². The molecule has 6 rings (SSSR count). The quantitative estimate of drug-likeness (QED) is 0.335. The second-order valence-corrected chi connectivity index (χ2v) is 13.2. The number of likely N-dealkylation sites (tertiary alicyclic amines) is 1. The number of ketones is 4. The first-order chi connectivity index (χ1) is 21.8. The maximum Gasteiger partial charge on any atom is 0.238 e. The lowest BCUT2D eigenvalue weighted by Crippen LogP contribution is -2.74. The van der Waals surface area contributed by atoms with Gasteiger partial charge in [0.25, 0.3) is 0 Å². The molecule has 242 valence electrons. The molecular formula is C34H38N4O8. The number of phenols is 1. The number of nitrogens with two attached hydrogens (primary N) is 1. The average Bonchev–Trinajstić information content (AvgIpc) is 3.00. The summed E-state index contributed by atoms with van der Waals surface area (Å²) in [5.41, 5.74) is 5.03. The van der Waals surface area contributed by atoms with Crippen LogP contribution in [0.25, 0.3) is 11.1 Å². The number of benzene rings is 2. The van der Waals surface area contributed by atoms with Gasteiger partial charge in [-0.3, -0.25) is 38.6 Å². The SMILES string of the molecule is CN(C)C1C(=O)C(C(N)=O)C(=O)C2(O)C(=O)C3C(=O)c4c(O)ccc(-c5ccc(NC(=O)CN6CCCCC6)cc5)c4CC3CC12. The van der Waals surface area contributed by atoms with Gasteiger partial charge in [-0.1, -0.05) is 24.6 Å². The number of aliphatic hydroxyl groups is 1. The van der Waals surface area contributed by atoms with Crippen molar-refractivity contribution in [1.29, 1.82) is 0 Å². The van der Waals surface area contributed by atoms with Crippen LogP contribution in [-0.2, 0) is 30.4 Å². The summed E-state index contributed by atoms with van der Waals surface area (Å²) < 4.78 is 0. The number of nitrogens with zero attached hydrogens (tertiary/aromatic N) is 2. The summed E-state index contributed by atoms with van der Waals surface area (Å²) in [7, 11) is 3.09. The van der Waals surface area contributed by atoms with E-state index in [1.807, 2.05) is 0 Å². The largest absolute Gasteiger partial charge is 0.507 e. The predicted octanol–water partition coefficient (Wildman–Crippen LogP) is 0.958. The molecule has 3 fully saturated rings. The Morgan fingerprint density at radius 3 is 2.30 bits per heavy atom. The minimum Gasteiger partial charge on any atom is -0.507 e. The normalized spacial score (nSPS) is 29.6. The molecule has 0 radical (unpaired) electrons. The molecule has 6 unspecified atom stereocenters. The third-order valence-corrected chi connectivity index (χ3v) is 10.2. The summed E-state index contributed by atoms with van der Waals surface area (Å²) in [4.78, 5) is 83.1. The molecule has 12 heteroatoms. The first-order valence-corrected chi connectivity index (χ1v) is 15.7. The van der Waals surface area contributed by atoms with Crippen LogP contribution >= 0.6 is 0 Å². The number of nitrogens with one attached hydrogen (secondary N) is 1. The van der Waals surface area contributed by atoms with E-state index in [2.05, 4.69) is 10.2 Å². The number of piperidine rings is 1. The van der Waals surface area contributed by atoms with Crippen molar-refractivity contribution in [3.63, 3.8) is 0 Å². The zero-order chi connectivity index (χ0) is 33.1. The fourth-order valence-electron chi connectivity index (χ4n) is 8.13. The molecule has 0 spiro atoms. The van der Waals surface area contributed by atoms with Crippen LogP contribution in [0, 0.1) is 23.7 Å². The van der Waals surface area contributed by atoms with Gasteiger partial charge in [-0.05, 0) is 93.7 Å². The maximum absolute atomic E-state index is 14.0. The molecule has 2 amide bonds. The van der Waals surface area contributed by atoms with Gasteiger partial charge < -0.3 is 21.3 Å². The van der Waals surface area contributed by atoms with E-state index in [-0.39, 0.29) is 30.1 Å². The van der Waals surface area contributed by atoms with Crippen LogP contribution in [0.5, 0.6) is 5.75 Å². The van der Waals surface area contributed by atoms with Crippen LogP contribution in [0.4, 0.5) is 5.69 Å². The van der Waals surface area contributed by atoms with Gasteiger partial charge in [0.2, 0.25) is 11.8 Å². The fourth-order valence-corrected chi connectivity index (χ4v) is 8.13. The van der Waals surface area contributed by atoms with Crippen molar-refractivity contribution in [1.82, 2.24) is 9.80 Å². The summed E-state index contributed by atoms with van der Waals surface area (Å²) in [5, 5.41) is 25.5. The van der Waals surface area contributed by atoms with E-state index in [1.165, 1.54) is 17.4 Å². The van der Waals surface area contributed by atoms with Crippen molar-refractivity contribution in [2.75, 3.05) is 39.0 Å². The lowest BCUT2D eigenvalue weighted by molar-refractivity contribution is -0.181. The van der Waals surface area contributed by atoms with Gasteiger partial charge in [-0.25, -0.2) is 0 Å². The highest BCUT2D eigenvalue weighted by molar-refractivity contribution is 6.32. The van der Waals surface area contributed by atoms with Gasteiger partial charge in [0.15, 0.2) is 34.7 Å². The minimum absolute atomic E-state index is 0.0268. The topological polar surface area (TPSA) is 187 Å².